The summed E-state index contributed by atoms with van der Waals surface area (Å²) in [6.45, 7) is 35.4. The van der Waals surface area contributed by atoms with Crippen molar-refractivity contribution in [1.29, 1.82) is 0 Å². The molecule has 0 aliphatic carbocycles. The lowest BCUT2D eigenvalue weighted by Crippen LogP contribution is -2.38. The lowest BCUT2D eigenvalue weighted by atomic mass is 10.2. The maximum Gasteiger partial charge on any atom is 0.417 e. The number of benzene rings is 2. The van der Waals surface area contributed by atoms with E-state index in [1.807, 2.05) is 65.0 Å². The molecule has 0 spiro atoms. The van der Waals surface area contributed by atoms with Gasteiger partial charge in [0.25, 0.3) is 11.6 Å². The molecule has 41 nitrogen and oxygen atoms in total. The summed E-state index contributed by atoms with van der Waals surface area (Å²) in [5.74, 6) is -1.21. The van der Waals surface area contributed by atoms with Gasteiger partial charge in [-0.3, -0.25) is 29.3 Å². The molecule has 7 N–H and O–H groups in total. The Balaban J connectivity index is 0.000000228. The Morgan fingerprint density at radius 3 is 1.34 bits per heavy atom. The number of fused-ring (bicyclic) bond motifs is 4. The number of carboxylic acid groups (broad SMARTS) is 3. The number of nitro benzene ring substituents is 1. The van der Waals surface area contributed by atoms with Gasteiger partial charge in [0, 0.05) is 50.5 Å². The van der Waals surface area contributed by atoms with Crippen LogP contribution in [0.4, 0.5) is 67.0 Å². The van der Waals surface area contributed by atoms with Gasteiger partial charge in [-0.2, -0.15) is 39.9 Å². The molecule has 0 fully saturated rings. The number of hydrogen-bond acceptors (Lipinski definition) is 30. The highest BCUT2D eigenvalue weighted by atomic mass is 16.6. The van der Waals surface area contributed by atoms with Crippen LogP contribution in [0.1, 0.15) is 188 Å². The van der Waals surface area contributed by atoms with E-state index in [-0.39, 0.29) is 85.5 Å². The Bertz CT molecular complexity index is 5240. The van der Waals surface area contributed by atoms with E-state index in [1.54, 1.807) is 65.2 Å². The lowest BCUT2D eigenvalue weighted by Gasteiger charge is -2.26. The Kier molecular flexibility index (Phi) is 36.6. The first kappa shape index (κ1) is 97.6. The molecule has 3 amide bonds. The van der Waals surface area contributed by atoms with Gasteiger partial charge in [-0.25, -0.2) is 49.0 Å². The van der Waals surface area contributed by atoms with Crippen LogP contribution in [0.25, 0.3) is 44.7 Å². The van der Waals surface area contributed by atoms with Crippen LogP contribution < -0.4 is 40.7 Å². The van der Waals surface area contributed by atoms with Crippen LogP contribution in [-0.4, -0.2) is 203 Å². The third-order valence-corrected chi connectivity index (χ3v) is 17.0. The summed E-state index contributed by atoms with van der Waals surface area (Å²) in [6.07, 6.45) is 16.8. The standard InChI is InChI=1S/C25H34N6O4.C20H32N6O4.C20H30N6O4.C18H20N6O5/c1-6-8-12-15-31(24(33)35-25(3,4)5)23-28-21(27-18-13-10-9-11-14-18)20-22(29-23)30(17-26-20)16-19(32)34-7-2;1-7-8-9-10-26(19(29)30-20(4,5)6)18-23-16(22-13(2)3)15-17(24-18)25(12-21-15)11-14(27)28;1-6-8-9-11-26(19(29)30-20(3,4)5)18-23-16(21-10-7-2)15-17(24-18)25(13-22-15)12-14(27)28;1-2-3-4-8-19-18-21-16-15(20-11-23(16)10-14(25)26)17(22-18)29-13-7-5-6-12(9-13)24(27)28/h9-11,13-14,17H,6-8,12,15-16H2,1-5H3,(H,27,28,29);12-13H,7-11H2,1-6H3,(H,27,28)(H,22,23,24);7,13H,2,6,8-12H2,1,3-5H3,(H,27,28)(H,21,23,24);5-7,9,11H,2-4,8,10H2,1H3,(H,25,26)(H,19,21,22). The molecular weight excluding hydrogens is 1610 g/mol. The minimum atomic E-state index is -1.04. The summed E-state index contributed by atoms with van der Waals surface area (Å²) in [5, 5.41) is 51.1. The number of amides is 3. The van der Waals surface area contributed by atoms with Crippen molar-refractivity contribution in [2.45, 2.75) is 237 Å². The normalized spacial score (nSPS) is 11.3. The largest absolute Gasteiger partial charge is 0.480 e. The topological polar surface area (TPSA) is 502 Å². The molecule has 10 aromatic rings. The molecule has 8 heterocycles. The van der Waals surface area contributed by atoms with Crippen molar-refractivity contribution in [3.05, 3.63) is 103 Å². The van der Waals surface area contributed by atoms with Crippen molar-refractivity contribution in [2.24, 2.45) is 0 Å². The van der Waals surface area contributed by atoms with Gasteiger partial charge in [0.15, 0.2) is 62.1 Å². The van der Waals surface area contributed by atoms with Gasteiger partial charge in [0.2, 0.25) is 23.8 Å². The number of nitro groups is 1. The smallest absolute Gasteiger partial charge is 0.417 e. The van der Waals surface area contributed by atoms with Gasteiger partial charge < -0.3 is 78.5 Å². The first-order valence-corrected chi connectivity index (χ1v) is 41.2. The minimum absolute atomic E-state index is 0.0515. The van der Waals surface area contributed by atoms with Crippen LogP contribution in [0, 0.1) is 10.1 Å². The van der Waals surface area contributed by atoms with Crippen LogP contribution in [-0.2, 0) is 64.3 Å². The molecule has 0 bridgehead atoms. The van der Waals surface area contributed by atoms with Gasteiger partial charge in [-0.1, -0.05) is 109 Å². The molecule has 0 aliphatic heterocycles. The van der Waals surface area contributed by atoms with Crippen LogP contribution in [0.15, 0.2) is 92.6 Å². The molecule has 8 aromatic heterocycles. The summed E-state index contributed by atoms with van der Waals surface area (Å²) in [7, 11) is 0. The summed E-state index contributed by atoms with van der Waals surface area (Å²) < 4.78 is 33.4. The SMILES string of the molecule is C=CCNc1nc(N(CCCCC)C(=O)OC(C)(C)C)nc2c1ncn2CC(=O)O.CCCCCN(C(=O)OC(C)(C)C)c1nc(NC(C)C)c2ncn(CC(=O)O)c2n1.CCCCCN(C(=O)OC(C)(C)C)c1nc(Nc2ccccc2)c2ncn(CC(=O)OCC)c2n1.CCCCCNc1nc(Oc2cccc([N+](=O)[O-])c2)c2ncn(CC(=O)O)c2n1. The van der Waals surface area contributed by atoms with E-state index < -0.39 is 63.9 Å². The van der Waals surface area contributed by atoms with Gasteiger partial charge in [0.1, 0.15) is 48.7 Å². The van der Waals surface area contributed by atoms with Crippen molar-refractivity contribution in [3.8, 4) is 11.6 Å². The van der Waals surface area contributed by atoms with Crippen molar-refractivity contribution in [3.63, 3.8) is 0 Å². The summed E-state index contributed by atoms with van der Waals surface area (Å²) in [6, 6.07) is 15.3. The zero-order valence-corrected chi connectivity index (χ0v) is 73.4. The van der Waals surface area contributed by atoms with E-state index in [0.29, 0.717) is 89.3 Å². The summed E-state index contributed by atoms with van der Waals surface area (Å²) in [5.41, 5.74) is 1.60. The summed E-state index contributed by atoms with van der Waals surface area (Å²) in [4.78, 5) is 153. The fourth-order valence-electron chi connectivity index (χ4n) is 11.6. The lowest BCUT2D eigenvalue weighted by molar-refractivity contribution is -0.384. The Hall–Kier alpha value is -13.5. The van der Waals surface area contributed by atoms with Gasteiger partial charge in [-0.05, 0) is 127 Å². The number of hydrogen-bond donors (Lipinski definition) is 7. The molecule has 10 rings (SSSR count). The first-order chi connectivity index (χ1) is 58.9. The van der Waals surface area contributed by atoms with E-state index in [1.165, 1.54) is 71.9 Å². The number of nitrogens with zero attached hydrogens (tertiary/aromatic N) is 20. The number of non-ortho nitro benzene ring substituents is 1. The molecule has 124 heavy (non-hydrogen) atoms. The second-order valence-corrected chi connectivity index (χ2v) is 31.6. The average molecular weight is 1720 g/mol. The molecule has 0 radical (unpaired) electrons. The molecule has 0 atom stereocenters. The first-order valence-electron chi connectivity index (χ1n) is 41.2. The third kappa shape index (κ3) is 30.3. The van der Waals surface area contributed by atoms with Crippen LogP contribution in [0.3, 0.4) is 0 Å². The number of imidazole rings is 4. The number of aliphatic carboxylic acids is 3. The van der Waals surface area contributed by atoms with Crippen LogP contribution in [0.2, 0.25) is 0 Å². The number of aromatic nitrogens is 16. The maximum absolute atomic E-state index is 13.2. The van der Waals surface area contributed by atoms with Crippen molar-refractivity contribution in [2.75, 3.05) is 75.3 Å². The fourth-order valence-corrected chi connectivity index (χ4v) is 11.6. The minimum Gasteiger partial charge on any atom is -0.480 e. The van der Waals surface area contributed by atoms with Gasteiger partial charge in [0.05, 0.1) is 42.9 Å². The fraction of sp³-hybridized carbons (Fsp3) is 0.506. The predicted molar refractivity (Wildman–Crippen MR) is 469 cm³/mol. The second-order valence-electron chi connectivity index (χ2n) is 31.6. The average Bonchev–Trinajstić information content (AvgIpc) is 1.61. The summed E-state index contributed by atoms with van der Waals surface area (Å²) >= 11 is 0. The highest BCUT2D eigenvalue weighted by Gasteiger charge is 2.32. The number of ether oxygens (including phenoxy) is 5. The van der Waals surface area contributed by atoms with E-state index in [0.717, 1.165) is 82.7 Å². The number of nitrogens with one attached hydrogen (secondary N) is 4. The Morgan fingerprint density at radius 2 is 0.919 bits per heavy atom. The predicted octanol–water partition coefficient (Wildman–Crippen LogP) is 15.4. The number of anilines is 8. The zero-order chi connectivity index (χ0) is 91.0. The highest BCUT2D eigenvalue weighted by Crippen LogP contribution is 2.33. The number of carbonyl (C=O) groups excluding carboxylic acids is 4. The zero-order valence-electron chi connectivity index (χ0n) is 73.4. The van der Waals surface area contributed by atoms with Crippen LogP contribution in [0.5, 0.6) is 11.6 Å². The number of carbonyl (C=O) groups is 7. The Labute approximate surface area is 718 Å². The Morgan fingerprint density at radius 1 is 0.508 bits per heavy atom. The second kappa shape index (κ2) is 46.5. The van der Waals surface area contributed by atoms with Crippen molar-refractivity contribution >= 4 is 139 Å². The van der Waals surface area contributed by atoms with Crippen molar-refractivity contribution in [1.82, 2.24) is 78.1 Å². The number of carboxylic acids is 3. The molecule has 0 unspecified atom stereocenters. The molecule has 0 aliphatic rings. The number of rotatable bonds is 39. The molecule has 2 aromatic carbocycles. The third-order valence-electron chi connectivity index (χ3n) is 17.0. The van der Waals surface area contributed by atoms with Gasteiger partial charge in [-0.15, -0.1) is 6.58 Å². The molecule has 0 saturated carbocycles. The number of para-hydroxylation sites is 1. The van der Waals surface area contributed by atoms with E-state index in [9.17, 15) is 53.9 Å². The maximum atomic E-state index is 13.2. The van der Waals surface area contributed by atoms with E-state index in [4.69, 9.17) is 28.8 Å². The molecule has 0 saturated heterocycles. The van der Waals surface area contributed by atoms with Crippen molar-refractivity contribution < 1.29 is 77.5 Å². The number of unbranched alkanes of at least 4 members (excludes halogenated alkanes) is 8. The number of esters is 1. The quantitative estimate of drug-likeness (QED) is 0.00470. The molecule has 41 heteroatoms. The van der Waals surface area contributed by atoms with Crippen LogP contribution >= 0.6 is 0 Å². The van der Waals surface area contributed by atoms with E-state index in [2.05, 4.69) is 115 Å². The highest BCUT2D eigenvalue weighted by molar-refractivity contribution is 5.94. The monoisotopic (exact) mass is 1720 g/mol. The molecule has 670 valence electrons. The molecular formula is C83H116N24O17. The van der Waals surface area contributed by atoms with E-state index >= 15 is 0 Å². The van der Waals surface area contributed by atoms with Gasteiger partial charge >= 0.3 is 42.2 Å².